The average Bonchev–Trinajstić information content (AvgIpc) is 3.63. The van der Waals surface area contributed by atoms with Crippen LogP contribution in [0.5, 0.6) is 11.5 Å². The van der Waals surface area contributed by atoms with Gasteiger partial charge in [0, 0.05) is 62.7 Å². The Balaban J connectivity index is 0.000000309. The molecule has 4 heterocycles. The number of carbonyl (C=O) groups excluding carboxylic acids is 8. The van der Waals surface area contributed by atoms with Crippen molar-refractivity contribution < 1.29 is 58.0 Å². The molecule has 9 N–H and O–H groups in total. The molecule has 6 atom stereocenters. The van der Waals surface area contributed by atoms with Gasteiger partial charge in [0.05, 0.1) is 20.3 Å². The second kappa shape index (κ2) is 38.8. The fourth-order valence-electron chi connectivity index (χ4n) is 8.30. The maximum absolute atomic E-state index is 13.6. The number of amides is 5. The predicted octanol–water partition coefficient (Wildman–Crippen LogP) is 6.28. The van der Waals surface area contributed by atoms with Gasteiger partial charge in [-0.05, 0) is 143 Å². The van der Waals surface area contributed by atoms with E-state index in [4.69, 9.17) is 26.8 Å². The number of esters is 2. The first kappa shape index (κ1) is 71.4. The lowest BCUT2D eigenvalue weighted by Crippen LogP contribution is -2.62. The molecule has 2 saturated heterocycles. The molecule has 6 rings (SSSR count). The number of phenols is 2. The number of nitrogens with two attached hydrogens (primary N) is 1. The van der Waals surface area contributed by atoms with Crippen molar-refractivity contribution in [2.24, 2.45) is 17.6 Å². The van der Waals surface area contributed by atoms with Crippen LogP contribution in [0.15, 0.2) is 107 Å². The fraction of sp³-hybridized carbons (Fsp3) is 0.483. The van der Waals surface area contributed by atoms with Gasteiger partial charge in [0.25, 0.3) is 11.8 Å². The van der Waals surface area contributed by atoms with E-state index < -0.39 is 65.9 Å². The van der Waals surface area contributed by atoms with Gasteiger partial charge in [0.1, 0.15) is 51.8 Å². The Bertz CT molecular complexity index is 2760. The largest absolute Gasteiger partial charge is 0.508 e. The molecule has 5 amide bonds. The molecule has 2 aliphatic heterocycles. The minimum atomic E-state index is -1.01. The van der Waals surface area contributed by atoms with Crippen LogP contribution in [0.4, 0.5) is 0 Å². The maximum atomic E-state index is 13.6. The third kappa shape index (κ3) is 26.6. The smallest absolute Gasteiger partial charge is 0.324 e. The lowest BCUT2D eigenvalue weighted by Gasteiger charge is -2.35. The van der Waals surface area contributed by atoms with Crippen LogP contribution in [0.2, 0.25) is 0 Å². The molecule has 0 saturated carbocycles. The van der Waals surface area contributed by atoms with Crippen molar-refractivity contribution in [2.75, 3.05) is 38.8 Å². The number of aromatic hydroxyl groups is 2. The predicted molar refractivity (Wildman–Crippen MR) is 331 cm³/mol. The van der Waals surface area contributed by atoms with Gasteiger partial charge >= 0.3 is 11.9 Å². The van der Waals surface area contributed by atoms with E-state index in [0.29, 0.717) is 62.7 Å². The highest BCUT2D eigenvalue weighted by Crippen LogP contribution is 2.31. The van der Waals surface area contributed by atoms with Crippen LogP contribution in [-0.2, 0) is 60.7 Å². The number of pyridine rings is 2. The van der Waals surface area contributed by atoms with E-state index in [9.17, 15) is 48.6 Å². The molecule has 85 heavy (non-hydrogen) atoms. The van der Waals surface area contributed by atoms with Crippen molar-refractivity contribution in [3.8, 4) is 11.5 Å². The molecule has 4 aromatic rings. The number of rotatable bonds is 27. The molecule has 0 spiro atoms. The zero-order chi connectivity index (χ0) is 62.3. The van der Waals surface area contributed by atoms with Crippen LogP contribution >= 0.6 is 54.8 Å². The number of carbonyl (C=O) groups is 8. The molecule has 27 heteroatoms. The summed E-state index contributed by atoms with van der Waals surface area (Å²) in [6.45, 7) is 8.04. The molecular weight excluding hydrogens is 1190 g/mol. The number of nitrogens with one attached hydrogen (secondary N) is 5. The van der Waals surface area contributed by atoms with Crippen LogP contribution in [-0.4, -0.2) is 152 Å². The number of hydrogen-bond acceptors (Lipinski definition) is 21. The molecule has 2 aromatic heterocycles. The minimum Gasteiger partial charge on any atom is -0.508 e. The molecular formula is C58H79ClN10O12S4. The van der Waals surface area contributed by atoms with E-state index in [1.54, 1.807) is 79.8 Å². The third-order valence-corrected chi connectivity index (χ3v) is 17.8. The summed E-state index contributed by atoms with van der Waals surface area (Å²) in [5, 5.41) is 32.4. The summed E-state index contributed by atoms with van der Waals surface area (Å²) in [5.74, 6) is -1.47. The highest BCUT2D eigenvalue weighted by molar-refractivity contribution is 8.77. The normalized spacial score (nSPS) is 16.2. The van der Waals surface area contributed by atoms with Gasteiger partial charge in [-0.15, -0.1) is 0 Å². The Morgan fingerprint density at radius 2 is 1.11 bits per heavy atom. The SMILES string of the molecule is COC(=O)[C@@H]1CCCN(C(=O)[C@H](Cc2cccc(O)c2)NC(=O)[C@@H](N)C(C)C)N1.COC(=O)[C@@H]1CCCN(C(=O)[C@H](Cc2cccc(O)c2)NC(=O)[C@@H](NC(=O)CCCSSc2ccccn2)C(C)C)N1.O=C(Cl)CCCSSc1ccccn1. The van der Waals surface area contributed by atoms with Crippen molar-refractivity contribution in [1.82, 2.24) is 46.8 Å². The fourth-order valence-corrected chi connectivity index (χ4v) is 12.4. The molecule has 0 unspecified atom stereocenters. The highest BCUT2D eigenvalue weighted by Gasteiger charge is 2.36. The number of aromatic nitrogens is 2. The Morgan fingerprint density at radius 3 is 1.51 bits per heavy atom. The molecule has 0 bridgehead atoms. The van der Waals surface area contributed by atoms with Crippen LogP contribution in [0.3, 0.4) is 0 Å². The van der Waals surface area contributed by atoms with Crippen molar-refractivity contribution in [2.45, 2.75) is 138 Å². The zero-order valence-electron chi connectivity index (χ0n) is 48.6. The highest BCUT2D eigenvalue weighted by atomic mass is 35.5. The Morgan fingerprint density at radius 1 is 0.647 bits per heavy atom. The second-order valence-electron chi connectivity index (χ2n) is 20.3. The van der Waals surface area contributed by atoms with Crippen LogP contribution in [0.1, 0.15) is 90.2 Å². The monoisotopic (exact) mass is 1270 g/mol. The Labute approximate surface area is 517 Å². The summed E-state index contributed by atoms with van der Waals surface area (Å²) in [7, 11) is 9.06. The van der Waals surface area contributed by atoms with Gasteiger partial charge in [-0.3, -0.25) is 48.4 Å². The quantitative estimate of drug-likeness (QED) is 0.0141. The van der Waals surface area contributed by atoms with Gasteiger partial charge < -0.3 is 41.4 Å². The Kier molecular flexibility index (Phi) is 32.6. The lowest BCUT2D eigenvalue weighted by atomic mass is 10.00. The molecule has 22 nitrogen and oxygen atoms in total. The number of ether oxygens (including phenoxy) is 2. The number of benzene rings is 2. The molecule has 0 aliphatic carbocycles. The summed E-state index contributed by atoms with van der Waals surface area (Å²) in [5.41, 5.74) is 13.1. The zero-order valence-corrected chi connectivity index (χ0v) is 52.6. The van der Waals surface area contributed by atoms with Gasteiger partial charge in [0.2, 0.25) is 23.0 Å². The van der Waals surface area contributed by atoms with Crippen LogP contribution < -0.4 is 32.5 Å². The van der Waals surface area contributed by atoms with Gasteiger partial charge in [-0.1, -0.05) is 85.7 Å². The molecule has 0 radical (unpaired) electrons. The van der Waals surface area contributed by atoms with E-state index in [1.165, 1.54) is 48.5 Å². The number of hydrogen-bond donors (Lipinski definition) is 8. The van der Waals surface area contributed by atoms with Gasteiger partial charge in [0.15, 0.2) is 0 Å². The van der Waals surface area contributed by atoms with Crippen molar-refractivity contribution >= 4 is 101 Å². The maximum Gasteiger partial charge on any atom is 0.324 e. The van der Waals surface area contributed by atoms with E-state index in [2.05, 4.69) is 36.8 Å². The number of hydrazine groups is 2. The van der Waals surface area contributed by atoms with Crippen molar-refractivity contribution in [1.29, 1.82) is 0 Å². The average molecular weight is 1270 g/mol. The molecule has 2 aliphatic rings. The molecule has 2 fully saturated rings. The standard InChI is InChI=1S/C29H39N5O6S2.C20H30N4O5.C9H10ClNOS2/c1-19(2)26(32-24(36)12-8-16-41-42-25-13-4-5-14-30-25)27(37)31-23(18-20-9-6-10-21(35)17-20)28(38)34-15-7-11-22(33-34)29(39)40-3;1-12(2)17(21)18(26)22-16(11-13-6-4-7-14(25)10-13)19(27)24-9-5-8-15(23-24)20(28)29-3;10-8(12)4-3-7-13-14-9-5-1-2-6-11-9/h4-6,9-10,13-14,17,19,22-23,26,33,35H,7-8,11-12,15-16,18H2,1-3H3,(H,31,37)(H,32,36);4,6-7,10,12,15-17,23,25H,5,8-9,11,21H2,1-3H3,(H,22,26);1-2,5-6H,3-4,7H2/t22-,23-,26-;15-,16-,17-;/m00./s1. The first-order valence-electron chi connectivity index (χ1n) is 27.8. The topological polar surface area (TPSA) is 314 Å². The summed E-state index contributed by atoms with van der Waals surface area (Å²) in [4.78, 5) is 108. The van der Waals surface area contributed by atoms with E-state index in [0.717, 1.165) is 28.0 Å². The minimum absolute atomic E-state index is 0.0378. The first-order valence-corrected chi connectivity index (χ1v) is 32.8. The van der Waals surface area contributed by atoms with Crippen molar-refractivity contribution in [3.63, 3.8) is 0 Å². The number of nitrogens with zero attached hydrogens (tertiary/aromatic N) is 4. The van der Waals surface area contributed by atoms with Gasteiger partial charge in [-0.2, -0.15) is 0 Å². The van der Waals surface area contributed by atoms with Gasteiger partial charge in [-0.25, -0.2) is 20.8 Å². The van der Waals surface area contributed by atoms with Crippen LogP contribution in [0, 0.1) is 11.8 Å². The summed E-state index contributed by atoms with van der Waals surface area (Å²) >= 11 is 5.21. The first-order chi connectivity index (χ1) is 40.7. The van der Waals surface area contributed by atoms with E-state index in [-0.39, 0.29) is 59.7 Å². The van der Waals surface area contributed by atoms with Crippen LogP contribution in [0.25, 0.3) is 0 Å². The Hall–Kier alpha value is -6.13. The summed E-state index contributed by atoms with van der Waals surface area (Å²) in [6.07, 6.45) is 8.21. The van der Waals surface area contributed by atoms with Crippen molar-refractivity contribution in [3.05, 3.63) is 108 Å². The summed E-state index contributed by atoms with van der Waals surface area (Å²) < 4.78 is 9.58. The number of methoxy groups -OCH3 is 2. The van der Waals surface area contributed by atoms with E-state index in [1.807, 2.05) is 64.1 Å². The van der Waals surface area contributed by atoms with E-state index >= 15 is 0 Å². The molecule has 464 valence electrons. The lowest BCUT2D eigenvalue weighted by molar-refractivity contribution is -0.152. The summed E-state index contributed by atoms with van der Waals surface area (Å²) in [6, 6.07) is 19.6. The number of halogens is 1. The molecule has 2 aromatic carbocycles. The second-order valence-corrected chi connectivity index (χ2v) is 25.6. The third-order valence-electron chi connectivity index (χ3n) is 12.9. The number of phenolic OH excluding ortho intramolecular Hbond substituents is 2.